The lowest BCUT2D eigenvalue weighted by Crippen LogP contribution is -2.49. The molecule has 1 aliphatic heterocycles. The van der Waals surface area contributed by atoms with Crippen molar-refractivity contribution in [2.75, 3.05) is 32.8 Å². The van der Waals surface area contributed by atoms with Crippen molar-refractivity contribution in [2.45, 2.75) is 51.7 Å². The first-order valence-electron chi connectivity index (χ1n) is 7.30. The SMILES string of the molecule is CCNC(C)(CCCCN1CCOC(C)C1)C(=O)O. The number of nitrogens with zero attached hydrogens (tertiary/aromatic N) is 1. The highest BCUT2D eigenvalue weighted by Crippen LogP contribution is 2.15. The Kier molecular flexibility index (Phi) is 6.75. The van der Waals surface area contributed by atoms with Gasteiger partial charge in [-0.2, -0.15) is 0 Å². The van der Waals surface area contributed by atoms with Crippen molar-refractivity contribution < 1.29 is 14.6 Å². The fourth-order valence-electron chi connectivity index (χ4n) is 2.57. The van der Waals surface area contributed by atoms with E-state index in [0.29, 0.717) is 19.1 Å². The fraction of sp³-hybridized carbons (Fsp3) is 0.929. The van der Waals surface area contributed by atoms with Gasteiger partial charge in [0.15, 0.2) is 0 Å². The van der Waals surface area contributed by atoms with Crippen molar-refractivity contribution in [1.82, 2.24) is 10.2 Å². The van der Waals surface area contributed by atoms with Gasteiger partial charge in [0, 0.05) is 13.1 Å². The van der Waals surface area contributed by atoms with E-state index in [9.17, 15) is 9.90 Å². The number of carboxylic acids is 1. The highest BCUT2D eigenvalue weighted by molar-refractivity contribution is 5.78. The van der Waals surface area contributed by atoms with Crippen molar-refractivity contribution in [3.63, 3.8) is 0 Å². The van der Waals surface area contributed by atoms with Gasteiger partial charge in [0.25, 0.3) is 0 Å². The molecule has 5 nitrogen and oxygen atoms in total. The zero-order valence-electron chi connectivity index (χ0n) is 12.4. The minimum atomic E-state index is -0.785. The summed E-state index contributed by atoms with van der Waals surface area (Å²) in [6, 6.07) is 0. The van der Waals surface area contributed by atoms with Crippen LogP contribution in [0.2, 0.25) is 0 Å². The third-order valence-corrected chi connectivity index (χ3v) is 3.77. The van der Waals surface area contributed by atoms with Crippen molar-refractivity contribution >= 4 is 5.97 Å². The Bertz CT molecular complexity index is 286. The third kappa shape index (κ3) is 5.47. The average molecular weight is 272 g/mol. The van der Waals surface area contributed by atoms with E-state index in [-0.39, 0.29) is 0 Å². The molecule has 1 rings (SSSR count). The van der Waals surface area contributed by atoms with E-state index < -0.39 is 11.5 Å². The lowest BCUT2D eigenvalue weighted by Gasteiger charge is -2.31. The molecular weight excluding hydrogens is 244 g/mol. The molecule has 112 valence electrons. The molecule has 0 saturated carbocycles. The largest absolute Gasteiger partial charge is 0.480 e. The number of unbranched alkanes of at least 4 members (excludes halogenated alkanes) is 1. The summed E-state index contributed by atoms with van der Waals surface area (Å²) in [5.41, 5.74) is -0.785. The van der Waals surface area contributed by atoms with Crippen LogP contribution in [0.25, 0.3) is 0 Å². The van der Waals surface area contributed by atoms with E-state index in [4.69, 9.17) is 4.74 Å². The Labute approximate surface area is 116 Å². The van der Waals surface area contributed by atoms with E-state index in [1.165, 1.54) is 0 Å². The molecule has 0 amide bonds. The smallest absolute Gasteiger partial charge is 0.323 e. The topological polar surface area (TPSA) is 61.8 Å². The Hall–Kier alpha value is -0.650. The number of aliphatic carboxylic acids is 1. The molecule has 0 aromatic heterocycles. The number of nitrogens with one attached hydrogen (secondary N) is 1. The minimum absolute atomic E-state index is 0.319. The molecular formula is C14H28N2O3. The van der Waals surface area contributed by atoms with Gasteiger partial charge in [-0.25, -0.2) is 0 Å². The van der Waals surface area contributed by atoms with Crippen LogP contribution < -0.4 is 5.32 Å². The summed E-state index contributed by atoms with van der Waals surface area (Å²) in [4.78, 5) is 13.7. The molecule has 0 spiro atoms. The normalized spacial score (nSPS) is 24.1. The monoisotopic (exact) mass is 272 g/mol. The predicted molar refractivity (Wildman–Crippen MR) is 75.4 cm³/mol. The van der Waals surface area contributed by atoms with E-state index in [1.807, 2.05) is 6.92 Å². The van der Waals surface area contributed by atoms with E-state index in [1.54, 1.807) is 6.92 Å². The molecule has 2 unspecified atom stereocenters. The summed E-state index contributed by atoms with van der Waals surface area (Å²) in [7, 11) is 0. The van der Waals surface area contributed by atoms with Crippen LogP contribution in [0.4, 0.5) is 0 Å². The second-order valence-corrected chi connectivity index (χ2v) is 5.61. The van der Waals surface area contributed by atoms with Crippen molar-refractivity contribution in [3.8, 4) is 0 Å². The molecule has 2 N–H and O–H groups in total. The highest BCUT2D eigenvalue weighted by atomic mass is 16.5. The molecule has 5 heteroatoms. The second kappa shape index (κ2) is 7.82. The average Bonchev–Trinajstić information content (AvgIpc) is 2.35. The number of rotatable bonds is 8. The van der Waals surface area contributed by atoms with Gasteiger partial charge in [-0.1, -0.05) is 6.92 Å². The summed E-state index contributed by atoms with van der Waals surface area (Å²) in [6.07, 6.45) is 2.97. The van der Waals surface area contributed by atoms with Crippen LogP contribution in [-0.2, 0) is 9.53 Å². The summed E-state index contributed by atoms with van der Waals surface area (Å²) >= 11 is 0. The molecule has 1 aliphatic rings. The molecule has 19 heavy (non-hydrogen) atoms. The quantitative estimate of drug-likeness (QED) is 0.653. The molecule has 1 heterocycles. The molecule has 0 aliphatic carbocycles. The Morgan fingerprint density at radius 1 is 1.53 bits per heavy atom. The van der Waals surface area contributed by atoms with Crippen LogP contribution >= 0.6 is 0 Å². The molecule has 0 aromatic rings. The first-order valence-corrected chi connectivity index (χ1v) is 7.30. The molecule has 2 atom stereocenters. The zero-order valence-corrected chi connectivity index (χ0v) is 12.4. The van der Waals surface area contributed by atoms with Gasteiger partial charge in [-0.15, -0.1) is 0 Å². The minimum Gasteiger partial charge on any atom is -0.480 e. The Balaban J connectivity index is 2.23. The summed E-state index contributed by atoms with van der Waals surface area (Å²) in [5, 5.41) is 12.3. The number of hydrogen-bond acceptors (Lipinski definition) is 4. The first-order chi connectivity index (χ1) is 8.98. The van der Waals surface area contributed by atoms with Gasteiger partial charge in [0.1, 0.15) is 5.54 Å². The fourth-order valence-corrected chi connectivity index (χ4v) is 2.57. The maximum Gasteiger partial charge on any atom is 0.323 e. The number of likely N-dealkylation sites (N-methyl/N-ethyl adjacent to an activating group) is 1. The second-order valence-electron chi connectivity index (χ2n) is 5.61. The van der Waals surface area contributed by atoms with Crippen LogP contribution in [-0.4, -0.2) is 60.4 Å². The number of morpholine rings is 1. The maximum atomic E-state index is 11.3. The van der Waals surface area contributed by atoms with Gasteiger partial charge in [-0.3, -0.25) is 9.69 Å². The molecule has 1 fully saturated rings. The number of hydrogen-bond donors (Lipinski definition) is 2. The van der Waals surface area contributed by atoms with Crippen LogP contribution in [0.5, 0.6) is 0 Å². The maximum absolute atomic E-state index is 11.3. The lowest BCUT2D eigenvalue weighted by molar-refractivity contribution is -0.144. The lowest BCUT2D eigenvalue weighted by atomic mass is 9.95. The van der Waals surface area contributed by atoms with E-state index in [2.05, 4.69) is 17.1 Å². The van der Waals surface area contributed by atoms with Gasteiger partial charge in [-0.05, 0) is 46.2 Å². The first kappa shape index (κ1) is 16.4. The number of carboxylic acid groups (broad SMARTS) is 1. The van der Waals surface area contributed by atoms with Gasteiger partial charge in [0.05, 0.1) is 12.7 Å². The number of carbonyl (C=O) groups is 1. The van der Waals surface area contributed by atoms with Crippen LogP contribution in [0.1, 0.15) is 40.0 Å². The van der Waals surface area contributed by atoms with Gasteiger partial charge >= 0.3 is 5.97 Å². The Morgan fingerprint density at radius 2 is 2.26 bits per heavy atom. The third-order valence-electron chi connectivity index (χ3n) is 3.77. The van der Waals surface area contributed by atoms with Crippen LogP contribution in [0, 0.1) is 0 Å². The standard InChI is InChI=1S/C14H28N2O3/c1-4-15-14(3,13(17)18)7-5-6-8-16-9-10-19-12(2)11-16/h12,15H,4-11H2,1-3H3,(H,17,18). The molecule has 1 saturated heterocycles. The van der Waals surface area contributed by atoms with E-state index >= 15 is 0 Å². The van der Waals surface area contributed by atoms with Gasteiger partial charge < -0.3 is 15.2 Å². The predicted octanol–water partition coefficient (Wildman–Crippen LogP) is 1.33. The van der Waals surface area contributed by atoms with E-state index in [0.717, 1.165) is 39.1 Å². The molecule has 0 radical (unpaired) electrons. The Morgan fingerprint density at radius 3 is 2.84 bits per heavy atom. The molecule has 0 aromatic carbocycles. The van der Waals surface area contributed by atoms with Crippen LogP contribution in [0.3, 0.4) is 0 Å². The molecule has 0 bridgehead atoms. The van der Waals surface area contributed by atoms with Crippen LogP contribution in [0.15, 0.2) is 0 Å². The van der Waals surface area contributed by atoms with Crippen molar-refractivity contribution in [3.05, 3.63) is 0 Å². The summed E-state index contributed by atoms with van der Waals surface area (Å²) in [5.74, 6) is -0.755. The van der Waals surface area contributed by atoms with Crippen molar-refractivity contribution in [2.24, 2.45) is 0 Å². The van der Waals surface area contributed by atoms with Crippen molar-refractivity contribution in [1.29, 1.82) is 0 Å². The zero-order chi connectivity index (χ0) is 14.3. The number of ether oxygens (including phenoxy) is 1. The highest BCUT2D eigenvalue weighted by Gasteiger charge is 2.31. The summed E-state index contributed by atoms with van der Waals surface area (Å²) in [6.45, 7) is 10.3. The van der Waals surface area contributed by atoms with Gasteiger partial charge in [0.2, 0.25) is 0 Å². The summed E-state index contributed by atoms with van der Waals surface area (Å²) < 4.78 is 5.50.